The van der Waals surface area contributed by atoms with Gasteiger partial charge in [0, 0.05) is 233 Å². The van der Waals surface area contributed by atoms with Gasteiger partial charge in [0.1, 0.15) is 17.3 Å². The van der Waals surface area contributed by atoms with Crippen molar-refractivity contribution >= 4 is 91.3 Å². The van der Waals surface area contributed by atoms with Crippen LogP contribution in [0.25, 0.3) is 0 Å². The van der Waals surface area contributed by atoms with Crippen LogP contribution in [0.2, 0.25) is 0 Å². The highest BCUT2D eigenvalue weighted by Gasteiger charge is 2.25. The summed E-state index contributed by atoms with van der Waals surface area (Å²) in [6, 6.07) is 57.1. The third-order valence-corrected chi connectivity index (χ3v) is 23.8. The number of anilines is 6. The van der Waals surface area contributed by atoms with Crippen LogP contribution in [0.4, 0.5) is 34.1 Å². The molecule has 9 aromatic rings. The summed E-state index contributed by atoms with van der Waals surface area (Å²) < 4.78 is 75.0. The SMILES string of the molecule is CNCCC(=O)Cc1ccc(N2CCN(c3ccncc3)CC2)cc1.Cc1cccc(S(=O)(=O)Cl)c1.Cc1cccc(S(=O)(=O)N(C)CCC(=O)Cc2ccc(N3CCN(c4ccncc4)CC3)cc2)c1.Cc1cccc(S(=O)(=O)N(C)CCC(=O)Cc2ccc(N3CCN(c4ccncc4)CC3)cc2)c1. The maximum Gasteiger partial charge on any atom is 0.261 e. The molecule has 0 unspecified atom stereocenters. The van der Waals surface area contributed by atoms with E-state index in [1.165, 1.54) is 57.6 Å². The van der Waals surface area contributed by atoms with Crippen LogP contribution in [-0.2, 0) is 62.7 Å². The van der Waals surface area contributed by atoms with Gasteiger partial charge in [-0.1, -0.05) is 72.8 Å². The lowest BCUT2D eigenvalue weighted by Gasteiger charge is -2.37. The molecule has 3 aliphatic rings. The number of Topliss-reactive ketones (excluding diaryl/α,β-unsaturated/α-hetero) is 3. The van der Waals surface area contributed by atoms with Crippen LogP contribution >= 0.6 is 10.7 Å². The minimum Gasteiger partial charge on any atom is -0.368 e. The van der Waals surface area contributed by atoms with Crippen LogP contribution in [-0.4, -0.2) is 185 Å². The molecule has 0 spiro atoms. The van der Waals surface area contributed by atoms with Crippen molar-refractivity contribution in [1.82, 2.24) is 28.9 Å². The molecule has 106 heavy (non-hydrogen) atoms. The Labute approximate surface area is 631 Å². The Morgan fingerprint density at radius 2 is 0.613 bits per heavy atom. The van der Waals surface area contributed by atoms with Gasteiger partial charge in [0.25, 0.3) is 9.05 Å². The first kappa shape index (κ1) is 80.7. The van der Waals surface area contributed by atoms with E-state index in [1.807, 2.05) is 132 Å². The Bertz CT molecular complexity index is 4430. The maximum atomic E-state index is 12.7. The Balaban J connectivity index is 0.000000173. The number of benzene rings is 6. The number of aromatic nitrogens is 3. The van der Waals surface area contributed by atoms with E-state index in [9.17, 15) is 39.6 Å². The fourth-order valence-electron chi connectivity index (χ4n) is 12.5. The highest BCUT2D eigenvalue weighted by Crippen LogP contribution is 2.26. The lowest BCUT2D eigenvalue weighted by molar-refractivity contribution is -0.119. The van der Waals surface area contributed by atoms with Crippen LogP contribution < -0.4 is 34.7 Å². The molecule has 12 rings (SSSR count). The van der Waals surface area contributed by atoms with Crippen LogP contribution in [0.5, 0.6) is 0 Å². The number of carbonyl (C=O) groups excluding carboxylic acids is 3. The molecule has 3 saturated heterocycles. The maximum absolute atomic E-state index is 12.7. The van der Waals surface area contributed by atoms with Crippen LogP contribution in [0.1, 0.15) is 52.6 Å². The largest absolute Gasteiger partial charge is 0.368 e. The third kappa shape index (κ3) is 24.3. The molecule has 560 valence electrons. The van der Waals surface area contributed by atoms with E-state index < -0.39 is 29.1 Å². The van der Waals surface area contributed by atoms with Crippen molar-refractivity contribution in [1.29, 1.82) is 0 Å². The number of hydrogen-bond acceptors (Lipinski definition) is 19. The summed E-state index contributed by atoms with van der Waals surface area (Å²) in [5.74, 6) is 0.332. The van der Waals surface area contributed by atoms with E-state index in [-0.39, 0.29) is 58.0 Å². The Hall–Kier alpha value is -9.40. The zero-order valence-corrected chi connectivity index (χ0v) is 64.5. The Morgan fingerprint density at radius 3 is 0.858 bits per heavy atom. The summed E-state index contributed by atoms with van der Waals surface area (Å²) in [5, 5.41) is 3.02. The lowest BCUT2D eigenvalue weighted by Crippen LogP contribution is -2.46. The molecule has 0 atom stereocenters. The molecular formula is C81H97ClN12O9S3. The summed E-state index contributed by atoms with van der Waals surface area (Å²) in [4.78, 5) is 64.1. The normalized spacial score (nSPS) is 14.1. The van der Waals surface area contributed by atoms with Crippen LogP contribution in [0, 0.1) is 20.8 Å². The lowest BCUT2D eigenvalue weighted by atomic mass is 10.1. The minimum atomic E-state index is -3.60. The van der Waals surface area contributed by atoms with E-state index in [0.29, 0.717) is 25.7 Å². The van der Waals surface area contributed by atoms with Crippen molar-refractivity contribution in [2.75, 3.05) is 149 Å². The van der Waals surface area contributed by atoms with Gasteiger partial charge in [0.15, 0.2) is 0 Å². The standard InChI is InChI=1S/2C27H32N4O3S.C20H26N4O.C7H7ClO2S/c2*1-22-4-3-5-27(20-22)35(33,34)29(2)15-12-26(32)21-23-6-8-24(9-7-23)30-16-18-31(19-17-30)25-10-13-28-14-11-25;1-21-9-8-20(25)16-17-2-4-18(5-3-17)23-12-14-24(15-13-23)19-6-10-22-11-7-19;1-6-3-2-4-7(5-6)11(8,9)10/h2*3-11,13-14,20H,12,15-19,21H2,1-2H3;2-7,10-11,21H,8-9,12-16H2,1H3;2-5H,1H3. The van der Waals surface area contributed by atoms with Gasteiger partial charge in [-0.15, -0.1) is 0 Å². The van der Waals surface area contributed by atoms with Crippen molar-refractivity contribution in [2.24, 2.45) is 0 Å². The van der Waals surface area contributed by atoms with Gasteiger partial charge in [0.05, 0.1) is 14.7 Å². The van der Waals surface area contributed by atoms with E-state index in [0.717, 1.165) is 130 Å². The predicted octanol–water partition coefficient (Wildman–Crippen LogP) is 11.1. The zero-order valence-electron chi connectivity index (χ0n) is 61.3. The molecule has 0 saturated carbocycles. The van der Waals surface area contributed by atoms with Gasteiger partial charge in [-0.2, -0.15) is 0 Å². The molecule has 6 aromatic carbocycles. The molecule has 0 radical (unpaired) electrons. The Morgan fingerprint density at radius 1 is 0.368 bits per heavy atom. The number of carbonyl (C=O) groups is 3. The van der Waals surface area contributed by atoms with Crippen molar-refractivity contribution < 1.29 is 39.6 Å². The zero-order chi connectivity index (χ0) is 75.6. The fraction of sp³-hybridized carbons (Fsp3) is 0.333. The van der Waals surface area contributed by atoms with Crippen molar-refractivity contribution in [2.45, 2.75) is 74.0 Å². The van der Waals surface area contributed by atoms with Gasteiger partial charge in [-0.05, 0) is 170 Å². The second-order valence-electron chi connectivity index (χ2n) is 26.6. The van der Waals surface area contributed by atoms with Gasteiger partial charge in [-0.25, -0.2) is 33.9 Å². The molecular weight excluding hydrogens is 1420 g/mol. The molecule has 3 aromatic heterocycles. The number of pyridine rings is 3. The van der Waals surface area contributed by atoms with Crippen molar-refractivity contribution in [3.63, 3.8) is 0 Å². The second-order valence-corrected chi connectivity index (χ2v) is 33.2. The molecule has 0 aliphatic carbocycles. The quantitative estimate of drug-likeness (QED) is 0.0497. The van der Waals surface area contributed by atoms with Crippen LogP contribution in [0.15, 0.2) is 234 Å². The Kier molecular flexibility index (Phi) is 29.9. The summed E-state index contributed by atoms with van der Waals surface area (Å²) >= 11 is 0. The number of aryl methyl sites for hydroxylation is 3. The van der Waals surface area contributed by atoms with E-state index in [4.69, 9.17) is 10.7 Å². The second kappa shape index (κ2) is 39.3. The highest BCUT2D eigenvalue weighted by molar-refractivity contribution is 8.13. The molecule has 25 heteroatoms. The number of sulfonamides is 2. The van der Waals surface area contributed by atoms with Gasteiger partial charge >= 0.3 is 0 Å². The number of nitrogens with zero attached hydrogens (tertiary/aromatic N) is 11. The molecule has 3 aliphatic heterocycles. The van der Waals surface area contributed by atoms with E-state index in [2.05, 4.69) is 110 Å². The molecule has 21 nitrogen and oxygen atoms in total. The minimum absolute atomic E-state index is 0.0232. The van der Waals surface area contributed by atoms with E-state index in [1.54, 1.807) is 42.5 Å². The highest BCUT2D eigenvalue weighted by atomic mass is 35.7. The monoisotopic (exact) mass is 1510 g/mol. The van der Waals surface area contributed by atoms with Crippen molar-refractivity contribution in [3.8, 4) is 0 Å². The summed E-state index contributed by atoms with van der Waals surface area (Å²) in [7, 11) is -0.736. The number of nitrogens with one attached hydrogen (secondary N) is 1. The molecule has 0 amide bonds. The average molecular weight is 1510 g/mol. The predicted molar refractivity (Wildman–Crippen MR) is 425 cm³/mol. The first-order chi connectivity index (χ1) is 50.9. The first-order valence-corrected chi connectivity index (χ1v) is 40.8. The summed E-state index contributed by atoms with van der Waals surface area (Å²) in [6.45, 7) is 18.1. The first-order valence-electron chi connectivity index (χ1n) is 35.7. The third-order valence-electron chi connectivity index (χ3n) is 18.8. The molecule has 0 bridgehead atoms. The molecule has 3 fully saturated rings. The summed E-state index contributed by atoms with van der Waals surface area (Å²) in [6.07, 6.45) is 13.1. The summed E-state index contributed by atoms with van der Waals surface area (Å²) in [5.41, 5.74) is 12.8. The van der Waals surface area contributed by atoms with Gasteiger partial charge < -0.3 is 34.7 Å². The number of hydrogen-bond donors (Lipinski definition) is 1. The molecule has 6 heterocycles. The average Bonchev–Trinajstić information content (AvgIpc) is 0.825. The van der Waals surface area contributed by atoms with E-state index >= 15 is 0 Å². The number of halogens is 1. The number of rotatable bonds is 26. The van der Waals surface area contributed by atoms with Crippen LogP contribution in [0.3, 0.4) is 0 Å². The number of piperazine rings is 3. The fourth-order valence-corrected chi connectivity index (χ4v) is 15.9. The molecule has 1 N–H and O–H groups in total. The van der Waals surface area contributed by atoms with Gasteiger partial charge in [0.2, 0.25) is 20.0 Å². The van der Waals surface area contributed by atoms with Crippen molar-refractivity contribution in [3.05, 3.63) is 253 Å². The van der Waals surface area contributed by atoms with Gasteiger partial charge in [-0.3, -0.25) is 29.3 Å². The topological polar surface area (TPSA) is 230 Å². The number of ketones is 3. The smallest absolute Gasteiger partial charge is 0.261 e.